The Balaban J connectivity index is 1.81. The molecule has 19 heavy (non-hydrogen) atoms. The third kappa shape index (κ3) is 3.71. The van der Waals surface area contributed by atoms with Crippen LogP contribution in [0.5, 0.6) is 0 Å². The number of nitrogens with one attached hydrogen (secondary N) is 1. The van der Waals surface area contributed by atoms with Gasteiger partial charge in [0.1, 0.15) is 0 Å². The summed E-state index contributed by atoms with van der Waals surface area (Å²) in [4.78, 5) is 12.4. The second-order valence-electron chi connectivity index (χ2n) is 6.69. The largest absolute Gasteiger partial charge is 0.353 e. The van der Waals surface area contributed by atoms with Crippen LogP contribution in [0.4, 0.5) is 0 Å². The highest BCUT2D eigenvalue weighted by molar-refractivity contribution is 5.79. The Kier molecular flexibility index (Phi) is 5.26. The van der Waals surface area contributed by atoms with Gasteiger partial charge in [-0.05, 0) is 50.4 Å². The quantitative estimate of drug-likeness (QED) is 0.825. The number of rotatable bonds is 3. The molecule has 0 heterocycles. The van der Waals surface area contributed by atoms with E-state index < -0.39 is 0 Å². The van der Waals surface area contributed by atoms with E-state index in [9.17, 15) is 4.79 Å². The van der Waals surface area contributed by atoms with E-state index >= 15 is 0 Å². The van der Waals surface area contributed by atoms with Crippen LogP contribution in [0.3, 0.4) is 0 Å². The van der Waals surface area contributed by atoms with Crippen molar-refractivity contribution in [1.82, 2.24) is 5.32 Å². The minimum absolute atomic E-state index is 0.146. The van der Waals surface area contributed by atoms with Gasteiger partial charge >= 0.3 is 0 Å². The van der Waals surface area contributed by atoms with Crippen molar-refractivity contribution in [3.05, 3.63) is 0 Å². The van der Waals surface area contributed by atoms with Gasteiger partial charge < -0.3 is 11.1 Å². The molecule has 2 saturated carbocycles. The molecule has 3 N–H and O–H groups in total. The summed E-state index contributed by atoms with van der Waals surface area (Å²) in [6, 6.07) is 0.626. The lowest BCUT2D eigenvalue weighted by molar-refractivity contribution is -0.128. The second kappa shape index (κ2) is 6.74. The Labute approximate surface area is 117 Å². The predicted molar refractivity (Wildman–Crippen MR) is 78.7 cm³/mol. The van der Waals surface area contributed by atoms with Gasteiger partial charge in [-0.1, -0.05) is 26.7 Å². The Morgan fingerprint density at radius 2 is 1.84 bits per heavy atom. The van der Waals surface area contributed by atoms with E-state index in [4.69, 9.17) is 5.73 Å². The van der Waals surface area contributed by atoms with Gasteiger partial charge in [0.05, 0.1) is 0 Å². The Morgan fingerprint density at radius 3 is 2.47 bits per heavy atom. The van der Waals surface area contributed by atoms with Crippen molar-refractivity contribution in [2.24, 2.45) is 23.5 Å². The highest BCUT2D eigenvalue weighted by Crippen LogP contribution is 2.30. The van der Waals surface area contributed by atoms with E-state index in [-0.39, 0.29) is 17.9 Å². The number of carbonyl (C=O) groups is 1. The molecule has 0 bridgehead atoms. The monoisotopic (exact) mass is 266 g/mol. The zero-order chi connectivity index (χ0) is 13.8. The van der Waals surface area contributed by atoms with E-state index in [2.05, 4.69) is 19.2 Å². The van der Waals surface area contributed by atoms with Crippen LogP contribution in [0.15, 0.2) is 0 Å². The maximum atomic E-state index is 12.4. The van der Waals surface area contributed by atoms with E-state index in [0.717, 1.165) is 38.0 Å². The molecule has 0 aromatic heterocycles. The fourth-order valence-electron chi connectivity index (χ4n) is 3.79. The summed E-state index contributed by atoms with van der Waals surface area (Å²) < 4.78 is 0. The first-order chi connectivity index (χ1) is 9.11. The standard InChI is InChI=1S/C16H30N2O/c1-3-12-7-9-13(10-8-12)18-16(19)14-5-4-6-15(17)11(14)2/h11-15H,3-10,17H2,1-2H3,(H,18,19). The van der Waals surface area contributed by atoms with Crippen molar-refractivity contribution in [1.29, 1.82) is 0 Å². The first-order valence-corrected chi connectivity index (χ1v) is 8.17. The van der Waals surface area contributed by atoms with Crippen LogP contribution in [-0.2, 0) is 4.79 Å². The molecule has 3 heteroatoms. The van der Waals surface area contributed by atoms with Crippen molar-refractivity contribution in [3.63, 3.8) is 0 Å². The maximum Gasteiger partial charge on any atom is 0.223 e. The molecule has 2 aliphatic carbocycles. The molecule has 2 aliphatic rings. The van der Waals surface area contributed by atoms with E-state index in [0.29, 0.717) is 12.0 Å². The van der Waals surface area contributed by atoms with Gasteiger partial charge in [-0.3, -0.25) is 4.79 Å². The van der Waals surface area contributed by atoms with Crippen molar-refractivity contribution in [2.75, 3.05) is 0 Å². The zero-order valence-corrected chi connectivity index (χ0v) is 12.5. The van der Waals surface area contributed by atoms with Crippen LogP contribution >= 0.6 is 0 Å². The molecular weight excluding hydrogens is 236 g/mol. The van der Waals surface area contributed by atoms with Crippen molar-refractivity contribution < 1.29 is 4.79 Å². The van der Waals surface area contributed by atoms with Crippen LogP contribution in [-0.4, -0.2) is 18.0 Å². The minimum Gasteiger partial charge on any atom is -0.353 e. The number of hydrogen-bond donors (Lipinski definition) is 2. The minimum atomic E-state index is 0.146. The Morgan fingerprint density at radius 1 is 1.16 bits per heavy atom. The summed E-state index contributed by atoms with van der Waals surface area (Å²) in [6.07, 6.45) is 9.37. The molecule has 2 rings (SSSR count). The van der Waals surface area contributed by atoms with Crippen LogP contribution < -0.4 is 11.1 Å². The van der Waals surface area contributed by atoms with Gasteiger partial charge in [0.2, 0.25) is 5.91 Å². The third-order valence-corrected chi connectivity index (χ3v) is 5.47. The molecule has 0 aliphatic heterocycles. The second-order valence-corrected chi connectivity index (χ2v) is 6.69. The van der Waals surface area contributed by atoms with Crippen LogP contribution in [0.2, 0.25) is 0 Å². The van der Waals surface area contributed by atoms with Crippen LogP contribution in [0, 0.1) is 17.8 Å². The lowest BCUT2D eigenvalue weighted by Crippen LogP contribution is -2.47. The summed E-state index contributed by atoms with van der Waals surface area (Å²) in [5.74, 6) is 1.63. The van der Waals surface area contributed by atoms with Gasteiger partial charge in [-0.15, -0.1) is 0 Å². The molecule has 3 atom stereocenters. The first kappa shape index (κ1) is 14.8. The molecule has 0 radical (unpaired) electrons. The van der Waals surface area contributed by atoms with Crippen molar-refractivity contribution >= 4 is 5.91 Å². The number of nitrogens with two attached hydrogens (primary N) is 1. The van der Waals surface area contributed by atoms with Gasteiger partial charge in [0.25, 0.3) is 0 Å². The van der Waals surface area contributed by atoms with Crippen molar-refractivity contribution in [3.8, 4) is 0 Å². The van der Waals surface area contributed by atoms with Crippen molar-refractivity contribution in [2.45, 2.75) is 77.3 Å². The molecule has 0 aromatic rings. The molecular formula is C16H30N2O. The summed E-state index contributed by atoms with van der Waals surface area (Å²) in [6.45, 7) is 4.41. The number of amides is 1. The summed E-state index contributed by atoms with van der Waals surface area (Å²) in [7, 11) is 0. The molecule has 110 valence electrons. The lowest BCUT2D eigenvalue weighted by atomic mass is 9.76. The topological polar surface area (TPSA) is 55.1 Å². The predicted octanol–water partition coefficient (Wildman–Crippen LogP) is 2.83. The highest BCUT2D eigenvalue weighted by Gasteiger charge is 2.33. The molecule has 0 spiro atoms. The Hall–Kier alpha value is -0.570. The Bertz CT molecular complexity index is 297. The highest BCUT2D eigenvalue weighted by atomic mass is 16.2. The molecule has 0 aromatic carbocycles. The van der Waals surface area contributed by atoms with E-state index in [1.54, 1.807) is 0 Å². The normalized spacial score (nSPS) is 39.8. The fourth-order valence-corrected chi connectivity index (χ4v) is 3.79. The molecule has 2 fully saturated rings. The molecule has 1 amide bonds. The van der Waals surface area contributed by atoms with Gasteiger partial charge in [0, 0.05) is 18.0 Å². The summed E-state index contributed by atoms with van der Waals surface area (Å²) in [5.41, 5.74) is 6.10. The van der Waals surface area contributed by atoms with Gasteiger partial charge in [-0.25, -0.2) is 0 Å². The number of hydrogen-bond acceptors (Lipinski definition) is 2. The fraction of sp³-hybridized carbons (Fsp3) is 0.938. The third-order valence-electron chi connectivity index (χ3n) is 5.47. The SMILES string of the molecule is CCC1CCC(NC(=O)C2CCCC(N)C2C)CC1. The number of carbonyl (C=O) groups excluding carboxylic acids is 1. The maximum absolute atomic E-state index is 12.4. The zero-order valence-electron chi connectivity index (χ0n) is 12.5. The van der Waals surface area contributed by atoms with Crippen LogP contribution in [0.1, 0.15) is 65.2 Å². The first-order valence-electron chi connectivity index (χ1n) is 8.17. The average Bonchev–Trinajstić information content (AvgIpc) is 2.42. The lowest BCUT2D eigenvalue weighted by Gasteiger charge is -2.35. The smallest absolute Gasteiger partial charge is 0.223 e. The summed E-state index contributed by atoms with van der Waals surface area (Å²) in [5, 5.41) is 3.29. The van der Waals surface area contributed by atoms with Crippen LogP contribution in [0.25, 0.3) is 0 Å². The van der Waals surface area contributed by atoms with Gasteiger partial charge in [-0.2, -0.15) is 0 Å². The molecule has 3 unspecified atom stereocenters. The molecule has 0 saturated heterocycles. The van der Waals surface area contributed by atoms with E-state index in [1.165, 1.54) is 19.3 Å². The van der Waals surface area contributed by atoms with Gasteiger partial charge in [0.15, 0.2) is 0 Å². The van der Waals surface area contributed by atoms with E-state index in [1.807, 2.05) is 0 Å². The average molecular weight is 266 g/mol. The molecule has 3 nitrogen and oxygen atoms in total. The summed E-state index contributed by atoms with van der Waals surface area (Å²) >= 11 is 0.